The van der Waals surface area contributed by atoms with E-state index >= 15 is 0 Å². The second-order valence-corrected chi connectivity index (χ2v) is 7.32. The van der Waals surface area contributed by atoms with Crippen molar-refractivity contribution in [2.24, 2.45) is 0 Å². The lowest BCUT2D eigenvalue weighted by molar-refractivity contribution is 0.486. The lowest BCUT2D eigenvalue weighted by Crippen LogP contribution is -2.10. The van der Waals surface area contributed by atoms with E-state index in [9.17, 15) is 8.42 Å². The fraction of sp³-hybridized carbons (Fsp3) is 0.0526. The molecule has 0 aliphatic rings. The van der Waals surface area contributed by atoms with Gasteiger partial charge in [-0.1, -0.05) is 65.7 Å². The van der Waals surface area contributed by atoms with Crippen molar-refractivity contribution in [3.8, 4) is 16.9 Å². The molecule has 0 saturated heterocycles. The average molecular weight is 359 g/mol. The van der Waals surface area contributed by atoms with Crippen molar-refractivity contribution in [3.05, 3.63) is 83.4 Å². The summed E-state index contributed by atoms with van der Waals surface area (Å²) in [6.45, 7) is 1.89. The first-order valence-electron chi connectivity index (χ1n) is 7.32. The van der Waals surface area contributed by atoms with Gasteiger partial charge in [-0.15, -0.1) is 0 Å². The molecular formula is C19H15ClO3S. The van der Waals surface area contributed by atoms with Crippen LogP contribution in [0.3, 0.4) is 0 Å². The van der Waals surface area contributed by atoms with Gasteiger partial charge in [0.25, 0.3) is 0 Å². The minimum Gasteiger partial charge on any atom is -0.377 e. The lowest BCUT2D eigenvalue weighted by atomic mass is 10.1. The number of hydrogen-bond acceptors (Lipinski definition) is 3. The van der Waals surface area contributed by atoms with E-state index in [0.29, 0.717) is 0 Å². The fourth-order valence-electron chi connectivity index (χ4n) is 2.25. The number of rotatable bonds is 4. The van der Waals surface area contributed by atoms with Gasteiger partial charge in [-0.3, -0.25) is 0 Å². The third-order valence-corrected chi connectivity index (χ3v) is 5.09. The molecule has 0 aliphatic carbocycles. The number of halogens is 1. The maximum Gasteiger partial charge on any atom is 0.339 e. The summed E-state index contributed by atoms with van der Waals surface area (Å²) in [6.07, 6.45) is 0. The van der Waals surface area contributed by atoms with Crippen LogP contribution >= 0.6 is 11.6 Å². The Morgan fingerprint density at radius 3 is 2.12 bits per heavy atom. The summed E-state index contributed by atoms with van der Waals surface area (Å²) >= 11 is 6.21. The first-order valence-corrected chi connectivity index (χ1v) is 9.10. The van der Waals surface area contributed by atoms with Gasteiger partial charge in [-0.05, 0) is 42.3 Å². The van der Waals surface area contributed by atoms with Gasteiger partial charge in [0.05, 0.1) is 5.02 Å². The molecule has 0 radical (unpaired) electrons. The molecule has 0 atom stereocenters. The molecule has 122 valence electrons. The Hall–Kier alpha value is -2.30. The molecule has 3 aromatic rings. The van der Waals surface area contributed by atoms with Crippen LogP contribution in [0.4, 0.5) is 0 Å². The molecule has 5 heteroatoms. The maximum absolute atomic E-state index is 12.3. The monoisotopic (exact) mass is 358 g/mol. The predicted molar refractivity (Wildman–Crippen MR) is 95.9 cm³/mol. The molecule has 0 N–H and O–H groups in total. The Morgan fingerprint density at radius 1 is 0.833 bits per heavy atom. The van der Waals surface area contributed by atoms with E-state index in [1.807, 2.05) is 37.3 Å². The van der Waals surface area contributed by atoms with Crippen LogP contribution in [0, 0.1) is 6.92 Å². The Morgan fingerprint density at radius 2 is 1.50 bits per heavy atom. The van der Waals surface area contributed by atoms with Crippen molar-refractivity contribution in [2.75, 3.05) is 0 Å². The molecule has 0 aliphatic heterocycles. The van der Waals surface area contributed by atoms with Gasteiger partial charge in [-0.2, -0.15) is 8.42 Å². The third-order valence-electron chi connectivity index (χ3n) is 3.55. The number of aryl methyl sites for hydroxylation is 1. The summed E-state index contributed by atoms with van der Waals surface area (Å²) < 4.78 is 29.9. The molecule has 0 spiro atoms. The van der Waals surface area contributed by atoms with E-state index in [2.05, 4.69) is 0 Å². The SMILES string of the molecule is Cc1ccc(S(=O)(=O)Oc2ccc(-c3ccccc3)cc2Cl)cc1. The molecule has 24 heavy (non-hydrogen) atoms. The van der Waals surface area contributed by atoms with Gasteiger partial charge in [0.1, 0.15) is 4.90 Å². The highest BCUT2D eigenvalue weighted by Gasteiger charge is 2.18. The van der Waals surface area contributed by atoms with Gasteiger partial charge < -0.3 is 4.18 Å². The van der Waals surface area contributed by atoms with Crippen molar-refractivity contribution in [2.45, 2.75) is 11.8 Å². The summed E-state index contributed by atoms with van der Waals surface area (Å²) in [5, 5.41) is 0.243. The average Bonchev–Trinajstić information content (AvgIpc) is 2.58. The summed E-state index contributed by atoms with van der Waals surface area (Å²) in [7, 11) is -3.91. The van der Waals surface area contributed by atoms with Crippen molar-refractivity contribution in [3.63, 3.8) is 0 Å². The molecule has 0 heterocycles. The normalized spacial score (nSPS) is 11.2. The van der Waals surface area contributed by atoms with Crippen LogP contribution in [0.2, 0.25) is 5.02 Å². The molecule has 0 unspecified atom stereocenters. The zero-order valence-electron chi connectivity index (χ0n) is 12.9. The molecular weight excluding hydrogens is 344 g/mol. The Labute approximate surface area is 146 Å². The Bertz CT molecular complexity index is 950. The maximum atomic E-state index is 12.3. The highest BCUT2D eigenvalue weighted by molar-refractivity contribution is 7.87. The second-order valence-electron chi connectivity index (χ2n) is 5.36. The molecule has 3 aromatic carbocycles. The van der Waals surface area contributed by atoms with Crippen LogP contribution in [0.5, 0.6) is 5.75 Å². The molecule has 3 nitrogen and oxygen atoms in total. The van der Waals surface area contributed by atoms with E-state index in [4.69, 9.17) is 15.8 Å². The van der Waals surface area contributed by atoms with Crippen LogP contribution in [0.15, 0.2) is 77.7 Å². The zero-order valence-corrected chi connectivity index (χ0v) is 14.5. The molecule has 0 saturated carbocycles. The van der Waals surface area contributed by atoms with E-state index in [1.165, 1.54) is 12.1 Å². The molecule has 0 aromatic heterocycles. The topological polar surface area (TPSA) is 43.4 Å². The van der Waals surface area contributed by atoms with Crippen molar-refractivity contribution < 1.29 is 12.6 Å². The quantitative estimate of drug-likeness (QED) is 0.610. The van der Waals surface area contributed by atoms with Gasteiger partial charge in [0.15, 0.2) is 5.75 Å². The number of hydrogen-bond donors (Lipinski definition) is 0. The van der Waals surface area contributed by atoms with E-state index < -0.39 is 10.1 Å². The van der Waals surface area contributed by atoms with Crippen LogP contribution in [0.1, 0.15) is 5.56 Å². The van der Waals surface area contributed by atoms with Gasteiger partial charge in [-0.25, -0.2) is 0 Å². The Balaban J connectivity index is 1.89. The summed E-state index contributed by atoms with van der Waals surface area (Å²) in [5.74, 6) is 0.108. The van der Waals surface area contributed by atoms with Gasteiger partial charge >= 0.3 is 10.1 Å². The van der Waals surface area contributed by atoms with Crippen LogP contribution < -0.4 is 4.18 Å². The van der Waals surface area contributed by atoms with E-state index in [-0.39, 0.29) is 15.7 Å². The van der Waals surface area contributed by atoms with Crippen LogP contribution in [-0.4, -0.2) is 8.42 Å². The predicted octanol–water partition coefficient (Wildman–Crippen LogP) is 5.08. The number of benzene rings is 3. The largest absolute Gasteiger partial charge is 0.377 e. The summed E-state index contributed by atoms with van der Waals surface area (Å²) in [4.78, 5) is 0.0938. The minimum atomic E-state index is -3.91. The smallest absolute Gasteiger partial charge is 0.339 e. The van der Waals surface area contributed by atoms with Crippen LogP contribution in [-0.2, 0) is 10.1 Å². The van der Waals surface area contributed by atoms with Crippen molar-refractivity contribution >= 4 is 21.7 Å². The zero-order chi connectivity index (χ0) is 17.2. The Kier molecular flexibility index (Phi) is 4.60. The summed E-state index contributed by atoms with van der Waals surface area (Å²) in [5.41, 5.74) is 2.85. The molecule has 0 fully saturated rings. The minimum absolute atomic E-state index is 0.0938. The third kappa shape index (κ3) is 3.61. The summed E-state index contributed by atoms with van der Waals surface area (Å²) in [6, 6.07) is 21.2. The lowest BCUT2D eigenvalue weighted by Gasteiger charge is -2.10. The fourth-order valence-corrected chi connectivity index (χ4v) is 3.46. The van der Waals surface area contributed by atoms with Crippen molar-refractivity contribution in [1.82, 2.24) is 0 Å². The highest BCUT2D eigenvalue weighted by Crippen LogP contribution is 2.32. The molecule has 0 amide bonds. The van der Waals surface area contributed by atoms with Crippen molar-refractivity contribution in [1.29, 1.82) is 0 Å². The second kappa shape index (κ2) is 6.67. The first kappa shape index (κ1) is 16.6. The highest BCUT2D eigenvalue weighted by atomic mass is 35.5. The standard InChI is InChI=1S/C19H15ClO3S/c1-14-7-10-17(11-8-14)24(21,22)23-19-12-9-16(13-18(19)20)15-5-3-2-4-6-15/h2-13H,1H3. The van der Waals surface area contributed by atoms with Gasteiger partial charge in [0, 0.05) is 0 Å². The van der Waals surface area contributed by atoms with E-state index in [1.54, 1.807) is 30.3 Å². The van der Waals surface area contributed by atoms with E-state index in [0.717, 1.165) is 16.7 Å². The van der Waals surface area contributed by atoms with Gasteiger partial charge in [0.2, 0.25) is 0 Å². The first-order chi connectivity index (χ1) is 11.5. The van der Waals surface area contributed by atoms with Crippen LogP contribution in [0.25, 0.3) is 11.1 Å². The molecule has 0 bridgehead atoms. The molecule has 3 rings (SSSR count).